The highest BCUT2D eigenvalue weighted by atomic mass is 16.5. The second-order valence-corrected chi connectivity index (χ2v) is 7.80. The molecule has 0 radical (unpaired) electrons. The fourth-order valence-electron chi connectivity index (χ4n) is 4.19. The van der Waals surface area contributed by atoms with Gasteiger partial charge < -0.3 is 9.47 Å². The van der Waals surface area contributed by atoms with Gasteiger partial charge >= 0.3 is 0 Å². The molecule has 2 aromatic carbocycles. The first kappa shape index (κ1) is 18.7. The molecule has 154 valence electrons. The molecule has 0 unspecified atom stereocenters. The highest BCUT2D eigenvalue weighted by Gasteiger charge is 2.44. The number of ether oxygens (including phenoxy) is 2. The minimum Gasteiger partial charge on any atom is -0.497 e. The molecule has 7 nitrogen and oxygen atoms in total. The van der Waals surface area contributed by atoms with Crippen molar-refractivity contribution in [3.8, 4) is 11.5 Å². The maximum Gasteiger partial charge on any atom is 0.233 e. The molecular formula is C23H24N4O3. The van der Waals surface area contributed by atoms with Gasteiger partial charge in [-0.15, -0.1) is 0 Å². The predicted molar refractivity (Wildman–Crippen MR) is 112 cm³/mol. The van der Waals surface area contributed by atoms with Crippen molar-refractivity contribution in [3.63, 3.8) is 0 Å². The molecule has 0 N–H and O–H groups in total. The number of carbonyl (C=O) groups excluding carboxylic acids is 1. The Hall–Kier alpha value is -3.35. The zero-order valence-corrected chi connectivity index (χ0v) is 17.1. The maximum absolute atomic E-state index is 13.3. The second kappa shape index (κ2) is 7.48. The van der Waals surface area contributed by atoms with Gasteiger partial charge in [-0.1, -0.05) is 24.3 Å². The summed E-state index contributed by atoms with van der Waals surface area (Å²) in [6.07, 6.45) is 4.14. The molecule has 0 bridgehead atoms. The summed E-state index contributed by atoms with van der Waals surface area (Å²) in [6.45, 7) is 0. The predicted octanol–water partition coefficient (Wildman–Crippen LogP) is 3.77. The van der Waals surface area contributed by atoms with Crippen molar-refractivity contribution in [2.45, 2.75) is 31.3 Å². The average Bonchev–Trinajstić information content (AvgIpc) is 3.54. The number of nitrogens with zero attached hydrogens (tertiary/aromatic N) is 4. The van der Waals surface area contributed by atoms with Crippen molar-refractivity contribution in [1.82, 2.24) is 14.8 Å². The van der Waals surface area contributed by atoms with Crippen LogP contribution in [0.3, 0.4) is 0 Å². The van der Waals surface area contributed by atoms with Crippen LogP contribution in [-0.4, -0.2) is 34.9 Å². The molecule has 5 rings (SSSR count). The van der Waals surface area contributed by atoms with E-state index < -0.39 is 0 Å². The number of hydrogen-bond donors (Lipinski definition) is 0. The Morgan fingerprint density at radius 1 is 0.900 bits per heavy atom. The Morgan fingerprint density at radius 3 is 2.00 bits per heavy atom. The molecule has 7 heteroatoms. The van der Waals surface area contributed by atoms with E-state index in [2.05, 4.69) is 22.2 Å². The summed E-state index contributed by atoms with van der Waals surface area (Å²) in [7, 11) is 3.31. The van der Waals surface area contributed by atoms with Crippen LogP contribution < -0.4 is 14.4 Å². The zero-order chi connectivity index (χ0) is 20.7. The molecule has 1 amide bonds. The lowest BCUT2D eigenvalue weighted by Crippen LogP contribution is -2.43. The number of carbonyl (C=O) groups is 1. The minimum absolute atomic E-state index is 0.0243. The molecule has 2 aliphatic rings. The van der Waals surface area contributed by atoms with E-state index in [9.17, 15) is 4.79 Å². The van der Waals surface area contributed by atoms with Crippen molar-refractivity contribution in [3.05, 3.63) is 66.0 Å². The van der Waals surface area contributed by atoms with Gasteiger partial charge in [0, 0.05) is 5.92 Å². The third-order valence-corrected chi connectivity index (χ3v) is 5.99. The minimum atomic E-state index is -0.118. The summed E-state index contributed by atoms with van der Waals surface area (Å²) in [5, 5.41) is 4.49. The Bertz CT molecular complexity index is 1040. The SMILES string of the molecule is COc1ccc([C@@H]2C[C@@H](c3ccc(OC)cc3)n3ncnc3N2C(=O)C2CC2)cc1. The number of fused-ring (bicyclic) bond motifs is 1. The van der Waals surface area contributed by atoms with Gasteiger partial charge in [0.05, 0.1) is 26.3 Å². The van der Waals surface area contributed by atoms with Gasteiger partial charge in [-0.25, -0.2) is 4.68 Å². The number of hydrogen-bond acceptors (Lipinski definition) is 5. The first-order valence-electron chi connectivity index (χ1n) is 10.2. The van der Waals surface area contributed by atoms with Gasteiger partial charge in [0.2, 0.25) is 11.9 Å². The lowest BCUT2D eigenvalue weighted by Gasteiger charge is -2.39. The van der Waals surface area contributed by atoms with Gasteiger partial charge in [0.15, 0.2) is 0 Å². The van der Waals surface area contributed by atoms with E-state index in [0.29, 0.717) is 12.4 Å². The molecule has 2 heterocycles. The van der Waals surface area contributed by atoms with Crippen LogP contribution in [0.15, 0.2) is 54.9 Å². The second-order valence-electron chi connectivity index (χ2n) is 7.80. The van der Waals surface area contributed by atoms with E-state index in [-0.39, 0.29) is 23.9 Å². The van der Waals surface area contributed by atoms with Crippen LogP contribution >= 0.6 is 0 Å². The molecular weight excluding hydrogens is 380 g/mol. The van der Waals surface area contributed by atoms with E-state index in [4.69, 9.17) is 9.47 Å². The first-order chi connectivity index (χ1) is 14.7. The molecule has 1 fully saturated rings. The summed E-state index contributed by atoms with van der Waals surface area (Å²) in [5.74, 6) is 2.45. The summed E-state index contributed by atoms with van der Waals surface area (Å²) < 4.78 is 12.5. The van der Waals surface area contributed by atoms with Gasteiger partial charge in [-0.2, -0.15) is 10.1 Å². The quantitative estimate of drug-likeness (QED) is 0.647. The lowest BCUT2D eigenvalue weighted by molar-refractivity contribution is -0.120. The Labute approximate surface area is 175 Å². The summed E-state index contributed by atoms with van der Waals surface area (Å²) in [5.41, 5.74) is 2.18. The molecule has 2 atom stereocenters. The van der Waals surface area contributed by atoms with Crippen molar-refractivity contribution in [2.24, 2.45) is 5.92 Å². The average molecular weight is 404 g/mol. The molecule has 1 aliphatic heterocycles. The van der Waals surface area contributed by atoms with Crippen LogP contribution in [0, 0.1) is 5.92 Å². The molecule has 30 heavy (non-hydrogen) atoms. The van der Waals surface area contributed by atoms with Crippen molar-refractivity contribution < 1.29 is 14.3 Å². The fraction of sp³-hybridized carbons (Fsp3) is 0.348. The number of benzene rings is 2. The van der Waals surface area contributed by atoms with E-state index in [1.807, 2.05) is 46.0 Å². The van der Waals surface area contributed by atoms with Crippen molar-refractivity contribution in [2.75, 3.05) is 19.1 Å². The van der Waals surface area contributed by atoms with Gasteiger partial charge in [0.25, 0.3) is 0 Å². The third kappa shape index (κ3) is 3.20. The van der Waals surface area contributed by atoms with Gasteiger partial charge in [0.1, 0.15) is 17.8 Å². The molecule has 3 aromatic rings. The van der Waals surface area contributed by atoms with Crippen LogP contribution in [0.1, 0.15) is 42.5 Å². The third-order valence-electron chi connectivity index (χ3n) is 5.99. The Balaban J connectivity index is 1.58. The van der Waals surface area contributed by atoms with Crippen molar-refractivity contribution >= 4 is 11.9 Å². The van der Waals surface area contributed by atoms with Crippen LogP contribution in [-0.2, 0) is 4.79 Å². The van der Waals surface area contributed by atoms with Crippen molar-refractivity contribution in [1.29, 1.82) is 0 Å². The summed E-state index contributed by atoms with van der Waals surface area (Å²) >= 11 is 0. The topological polar surface area (TPSA) is 69.5 Å². The van der Waals surface area contributed by atoms with Gasteiger partial charge in [-0.05, 0) is 54.7 Å². The van der Waals surface area contributed by atoms with E-state index in [1.54, 1.807) is 14.2 Å². The van der Waals surface area contributed by atoms with E-state index >= 15 is 0 Å². The maximum atomic E-state index is 13.3. The van der Waals surface area contributed by atoms with E-state index in [0.717, 1.165) is 35.5 Å². The fourth-order valence-corrected chi connectivity index (χ4v) is 4.19. The number of methoxy groups -OCH3 is 2. The van der Waals surface area contributed by atoms with E-state index in [1.165, 1.54) is 6.33 Å². The monoisotopic (exact) mass is 404 g/mol. The summed E-state index contributed by atoms with van der Waals surface area (Å²) in [6, 6.07) is 15.8. The molecule has 1 saturated carbocycles. The zero-order valence-electron chi connectivity index (χ0n) is 17.1. The summed E-state index contributed by atoms with van der Waals surface area (Å²) in [4.78, 5) is 19.6. The Morgan fingerprint density at radius 2 is 1.47 bits per heavy atom. The highest BCUT2D eigenvalue weighted by molar-refractivity contribution is 5.96. The number of anilines is 1. The van der Waals surface area contributed by atoms with Crippen LogP contribution in [0.4, 0.5) is 5.95 Å². The molecule has 1 aliphatic carbocycles. The molecule has 0 saturated heterocycles. The van der Waals surface area contributed by atoms with Crippen LogP contribution in [0.2, 0.25) is 0 Å². The lowest BCUT2D eigenvalue weighted by atomic mass is 9.91. The number of amides is 1. The standard InChI is InChI=1S/C23H24N4O3/c1-29-18-9-5-15(6-10-18)20-13-21(16-7-11-19(30-2)12-8-16)27-23(24-14-25-27)26(20)22(28)17-3-4-17/h5-12,14,17,20-21H,3-4,13H2,1-2H3/t20-,21-/m0/s1. The normalized spacial score (nSPS) is 20.5. The van der Waals surface area contributed by atoms with Crippen LogP contribution in [0.25, 0.3) is 0 Å². The largest absolute Gasteiger partial charge is 0.497 e. The first-order valence-corrected chi connectivity index (χ1v) is 10.2. The van der Waals surface area contributed by atoms with Gasteiger partial charge in [-0.3, -0.25) is 9.69 Å². The number of aromatic nitrogens is 3. The Kier molecular flexibility index (Phi) is 4.65. The molecule has 0 spiro atoms. The molecule has 1 aromatic heterocycles. The van der Waals surface area contributed by atoms with Crippen LogP contribution in [0.5, 0.6) is 11.5 Å². The number of rotatable bonds is 5. The highest BCUT2D eigenvalue weighted by Crippen LogP contribution is 2.45. The smallest absolute Gasteiger partial charge is 0.233 e.